The Bertz CT molecular complexity index is 327. The van der Waals surface area contributed by atoms with Crippen LogP contribution in [0.5, 0.6) is 0 Å². The van der Waals surface area contributed by atoms with Crippen LogP contribution in [0.3, 0.4) is 0 Å². The highest BCUT2D eigenvalue weighted by molar-refractivity contribution is 5.08. The maximum absolute atomic E-state index is 3.69. The molecular weight excluding hydrogens is 230 g/mol. The van der Waals surface area contributed by atoms with Gasteiger partial charge in [-0.25, -0.2) is 0 Å². The van der Waals surface area contributed by atoms with Crippen molar-refractivity contribution >= 4 is 0 Å². The van der Waals surface area contributed by atoms with E-state index in [0.717, 1.165) is 29.6 Å². The van der Waals surface area contributed by atoms with E-state index in [1.807, 2.05) is 0 Å². The minimum absolute atomic E-state index is 0.817. The third-order valence-electron chi connectivity index (χ3n) is 6.02. The first-order valence-electron chi connectivity index (χ1n) is 8.62. The van der Waals surface area contributed by atoms with Gasteiger partial charge in [-0.15, -0.1) is 0 Å². The summed E-state index contributed by atoms with van der Waals surface area (Å²) < 4.78 is 0. The Hall–Kier alpha value is -0.300. The predicted molar refractivity (Wildman–Crippen MR) is 82.1 cm³/mol. The molecule has 1 saturated carbocycles. The molecular formula is C18H31N. The summed E-state index contributed by atoms with van der Waals surface area (Å²) in [7, 11) is 0. The van der Waals surface area contributed by atoms with Crippen molar-refractivity contribution in [2.45, 2.75) is 58.8 Å². The molecule has 1 heterocycles. The molecule has 0 bridgehead atoms. The zero-order valence-electron chi connectivity index (χ0n) is 12.8. The summed E-state index contributed by atoms with van der Waals surface area (Å²) in [5.74, 6) is 4.83. The van der Waals surface area contributed by atoms with E-state index in [2.05, 4.69) is 25.2 Å². The molecule has 0 aromatic heterocycles. The van der Waals surface area contributed by atoms with Crippen molar-refractivity contribution in [1.29, 1.82) is 0 Å². The topological polar surface area (TPSA) is 12.0 Å². The average Bonchev–Trinajstić information content (AvgIpc) is 2.91. The fourth-order valence-corrected chi connectivity index (χ4v) is 5.31. The Morgan fingerprint density at radius 1 is 1.05 bits per heavy atom. The fraction of sp³-hybridized carbons (Fsp3) is 0.889. The summed E-state index contributed by atoms with van der Waals surface area (Å²) in [6, 6.07) is 0. The molecule has 0 aromatic carbocycles. The molecule has 0 spiro atoms. The summed E-state index contributed by atoms with van der Waals surface area (Å²) >= 11 is 0. The molecule has 1 N–H and O–H groups in total. The van der Waals surface area contributed by atoms with Crippen molar-refractivity contribution in [3.63, 3.8) is 0 Å². The normalized spacial score (nSPS) is 41.3. The van der Waals surface area contributed by atoms with Gasteiger partial charge in [0.05, 0.1) is 0 Å². The van der Waals surface area contributed by atoms with E-state index >= 15 is 0 Å². The van der Waals surface area contributed by atoms with Gasteiger partial charge in [-0.05, 0) is 68.9 Å². The number of piperidine rings is 1. The van der Waals surface area contributed by atoms with Gasteiger partial charge < -0.3 is 5.32 Å². The van der Waals surface area contributed by atoms with Gasteiger partial charge >= 0.3 is 0 Å². The van der Waals surface area contributed by atoms with Crippen LogP contribution >= 0.6 is 0 Å². The van der Waals surface area contributed by atoms with Gasteiger partial charge in [-0.3, -0.25) is 0 Å². The Morgan fingerprint density at radius 2 is 1.84 bits per heavy atom. The Labute approximate surface area is 119 Å². The number of allylic oxidation sites excluding steroid dienone is 2. The maximum atomic E-state index is 3.69. The van der Waals surface area contributed by atoms with Gasteiger partial charge in [0.2, 0.25) is 0 Å². The molecule has 0 radical (unpaired) electrons. The molecule has 3 rings (SSSR count). The molecule has 19 heavy (non-hydrogen) atoms. The van der Waals surface area contributed by atoms with Crippen molar-refractivity contribution in [2.75, 3.05) is 13.1 Å². The van der Waals surface area contributed by atoms with E-state index < -0.39 is 0 Å². The minimum atomic E-state index is 0.817. The van der Waals surface area contributed by atoms with E-state index in [1.54, 1.807) is 5.57 Å². The Morgan fingerprint density at radius 3 is 2.58 bits per heavy atom. The lowest BCUT2D eigenvalue weighted by molar-refractivity contribution is 0.106. The number of hydrogen-bond acceptors (Lipinski definition) is 1. The van der Waals surface area contributed by atoms with Crippen LogP contribution in [0.2, 0.25) is 0 Å². The SMILES string of the molecule is CC1=CC(C)CC(C2CCNCC2C2CCCC2)C1. The van der Waals surface area contributed by atoms with Gasteiger partial charge in [0.25, 0.3) is 0 Å². The zero-order valence-corrected chi connectivity index (χ0v) is 12.8. The lowest BCUT2D eigenvalue weighted by Gasteiger charge is -2.43. The predicted octanol–water partition coefficient (Wildman–Crippen LogP) is 4.39. The molecule has 1 heteroatoms. The van der Waals surface area contributed by atoms with Crippen LogP contribution in [0.25, 0.3) is 0 Å². The zero-order chi connectivity index (χ0) is 13.2. The molecule has 1 nitrogen and oxygen atoms in total. The summed E-state index contributed by atoms with van der Waals surface area (Å²) in [6.07, 6.45) is 12.8. The molecule has 1 saturated heterocycles. The fourth-order valence-electron chi connectivity index (χ4n) is 5.31. The summed E-state index contributed by atoms with van der Waals surface area (Å²) in [6.45, 7) is 7.35. The highest BCUT2D eigenvalue weighted by Crippen LogP contribution is 2.44. The van der Waals surface area contributed by atoms with Crippen LogP contribution in [-0.2, 0) is 0 Å². The van der Waals surface area contributed by atoms with Gasteiger partial charge in [-0.2, -0.15) is 0 Å². The first kappa shape index (κ1) is 13.7. The molecule has 1 aliphatic heterocycles. The van der Waals surface area contributed by atoms with Crippen LogP contribution in [0, 0.1) is 29.6 Å². The molecule has 0 amide bonds. The van der Waals surface area contributed by atoms with E-state index in [1.165, 1.54) is 58.0 Å². The van der Waals surface area contributed by atoms with Gasteiger partial charge in [0, 0.05) is 0 Å². The second-order valence-electron chi connectivity index (χ2n) is 7.56. The largest absolute Gasteiger partial charge is 0.316 e. The lowest BCUT2D eigenvalue weighted by Crippen LogP contribution is -2.43. The second-order valence-corrected chi connectivity index (χ2v) is 7.56. The number of nitrogens with one attached hydrogen (secondary N) is 1. The van der Waals surface area contributed by atoms with E-state index in [4.69, 9.17) is 0 Å². The van der Waals surface area contributed by atoms with E-state index in [-0.39, 0.29) is 0 Å². The Kier molecular flexibility index (Phi) is 4.31. The number of hydrogen-bond donors (Lipinski definition) is 1. The van der Waals surface area contributed by atoms with Crippen LogP contribution in [0.4, 0.5) is 0 Å². The summed E-state index contributed by atoms with van der Waals surface area (Å²) in [5.41, 5.74) is 1.66. The molecule has 2 fully saturated rings. The van der Waals surface area contributed by atoms with Crippen LogP contribution in [-0.4, -0.2) is 13.1 Å². The van der Waals surface area contributed by atoms with Crippen LogP contribution < -0.4 is 5.32 Å². The molecule has 3 aliphatic rings. The second kappa shape index (κ2) is 5.99. The molecule has 0 aromatic rings. The molecule has 108 valence electrons. The third kappa shape index (κ3) is 3.07. The standard InChI is InChI=1S/C18H31N/c1-13-9-14(2)11-16(10-13)17-7-8-19-12-18(17)15-5-3-4-6-15/h9,13,15-19H,3-8,10-12H2,1-2H3. The quantitative estimate of drug-likeness (QED) is 0.727. The van der Waals surface area contributed by atoms with Crippen molar-refractivity contribution < 1.29 is 0 Å². The smallest absolute Gasteiger partial charge is 0.00151 e. The van der Waals surface area contributed by atoms with E-state index in [0.29, 0.717) is 0 Å². The first-order chi connectivity index (χ1) is 9.24. The van der Waals surface area contributed by atoms with Crippen molar-refractivity contribution in [1.82, 2.24) is 5.32 Å². The van der Waals surface area contributed by atoms with Crippen LogP contribution in [0.1, 0.15) is 58.8 Å². The molecule has 4 atom stereocenters. The highest BCUT2D eigenvalue weighted by atomic mass is 14.9. The summed E-state index contributed by atoms with van der Waals surface area (Å²) in [5, 5.41) is 3.69. The van der Waals surface area contributed by atoms with Gasteiger partial charge in [0.1, 0.15) is 0 Å². The third-order valence-corrected chi connectivity index (χ3v) is 6.02. The molecule has 2 aliphatic carbocycles. The Balaban J connectivity index is 1.71. The van der Waals surface area contributed by atoms with Gasteiger partial charge in [0.15, 0.2) is 0 Å². The van der Waals surface area contributed by atoms with E-state index in [9.17, 15) is 0 Å². The maximum Gasteiger partial charge on any atom is -0.00151 e. The summed E-state index contributed by atoms with van der Waals surface area (Å²) in [4.78, 5) is 0. The first-order valence-corrected chi connectivity index (χ1v) is 8.62. The molecule has 4 unspecified atom stereocenters. The van der Waals surface area contributed by atoms with Gasteiger partial charge in [-0.1, -0.05) is 44.3 Å². The lowest BCUT2D eigenvalue weighted by atomic mass is 9.66. The van der Waals surface area contributed by atoms with Crippen LogP contribution in [0.15, 0.2) is 11.6 Å². The average molecular weight is 261 g/mol. The van der Waals surface area contributed by atoms with Crippen molar-refractivity contribution in [2.24, 2.45) is 29.6 Å². The minimum Gasteiger partial charge on any atom is -0.316 e. The number of rotatable bonds is 2. The monoisotopic (exact) mass is 261 g/mol. The van der Waals surface area contributed by atoms with Crippen molar-refractivity contribution in [3.05, 3.63) is 11.6 Å². The highest BCUT2D eigenvalue weighted by Gasteiger charge is 2.38. The van der Waals surface area contributed by atoms with Crippen molar-refractivity contribution in [3.8, 4) is 0 Å².